The molecule has 0 unspecified atom stereocenters. The largest absolute Gasteiger partial charge is 0.321 e. The van der Waals surface area contributed by atoms with Gasteiger partial charge in [0.05, 0.1) is 5.69 Å². The predicted molar refractivity (Wildman–Crippen MR) is 134 cm³/mol. The van der Waals surface area contributed by atoms with Gasteiger partial charge in [-0.1, -0.05) is 78.9 Å². The lowest BCUT2D eigenvalue weighted by Crippen LogP contribution is -2.43. The van der Waals surface area contributed by atoms with Crippen LogP contribution in [0.25, 0.3) is 28.3 Å². The molecule has 9 heteroatoms. The number of amides is 2. The molecule has 0 fully saturated rings. The summed E-state index contributed by atoms with van der Waals surface area (Å²) in [6, 6.07) is 30.9. The average molecular weight is 476 g/mol. The molecular formula is C27H20N6O3. The summed E-state index contributed by atoms with van der Waals surface area (Å²) in [4.78, 5) is 44.9. The highest BCUT2D eigenvalue weighted by atomic mass is 16.2. The predicted octanol–water partition coefficient (Wildman–Crippen LogP) is 3.36. The standard InChI is InChI=1S/C27H20N6O3/c34-25-21(16-17-22(28-25)18-10-4-1-5-11-18)26(35)30-31-27(36)23-29-24(19-12-6-2-7-13-19)33(32-23)20-14-8-3-9-15-20/h1-17H,(H,28,34)(H,30,35)(H,31,36). The smallest absolute Gasteiger partial charge is 0.309 e. The van der Waals surface area contributed by atoms with Crippen LogP contribution in [0.3, 0.4) is 0 Å². The highest BCUT2D eigenvalue weighted by Crippen LogP contribution is 2.21. The minimum atomic E-state index is -0.769. The van der Waals surface area contributed by atoms with Crippen molar-refractivity contribution in [3.05, 3.63) is 125 Å². The molecule has 0 aliphatic carbocycles. The number of pyridine rings is 1. The maximum Gasteiger partial charge on any atom is 0.309 e. The number of para-hydroxylation sites is 1. The normalized spacial score (nSPS) is 10.6. The van der Waals surface area contributed by atoms with Crippen LogP contribution in [0.5, 0.6) is 0 Å². The van der Waals surface area contributed by atoms with Gasteiger partial charge in [-0.25, -0.2) is 9.67 Å². The third-order valence-electron chi connectivity index (χ3n) is 5.37. The SMILES string of the molecule is O=C(NNC(=O)c1ccc(-c2ccccc2)[nH]c1=O)c1nc(-c2ccccc2)n(-c2ccccc2)n1. The quantitative estimate of drug-likeness (QED) is 0.336. The van der Waals surface area contributed by atoms with Crippen LogP contribution in [-0.2, 0) is 0 Å². The van der Waals surface area contributed by atoms with Crippen LogP contribution in [0.2, 0.25) is 0 Å². The number of hydrazine groups is 1. The van der Waals surface area contributed by atoms with Gasteiger partial charge in [0, 0.05) is 11.3 Å². The summed E-state index contributed by atoms with van der Waals surface area (Å²) in [5, 5.41) is 4.34. The number of hydrogen-bond acceptors (Lipinski definition) is 5. The summed E-state index contributed by atoms with van der Waals surface area (Å²) in [5.74, 6) is -1.18. The molecule has 0 aliphatic heterocycles. The van der Waals surface area contributed by atoms with Crippen molar-refractivity contribution in [2.24, 2.45) is 0 Å². The number of carbonyl (C=O) groups excluding carboxylic acids is 2. The van der Waals surface area contributed by atoms with E-state index in [9.17, 15) is 14.4 Å². The zero-order valence-corrected chi connectivity index (χ0v) is 18.9. The Balaban J connectivity index is 1.35. The Labute approximate surface area is 205 Å². The molecule has 5 aromatic rings. The molecule has 0 bridgehead atoms. The Morgan fingerprint density at radius 2 is 1.28 bits per heavy atom. The van der Waals surface area contributed by atoms with Crippen molar-refractivity contribution in [3.63, 3.8) is 0 Å². The number of hydrogen-bond donors (Lipinski definition) is 3. The number of H-pyrrole nitrogens is 1. The lowest BCUT2D eigenvalue weighted by molar-refractivity contribution is 0.0840. The Morgan fingerprint density at radius 3 is 1.92 bits per heavy atom. The van der Waals surface area contributed by atoms with Gasteiger partial charge in [-0.15, -0.1) is 5.10 Å². The van der Waals surface area contributed by atoms with Crippen molar-refractivity contribution in [2.75, 3.05) is 0 Å². The summed E-state index contributed by atoms with van der Waals surface area (Å²) in [7, 11) is 0. The summed E-state index contributed by atoms with van der Waals surface area (Å²) in [6.07, 6.45) is 0. The topological polar surface area (TPSA) is 122 Å². The van der Waals surface area contributed by atoms with Crippen LogP contribution in [-0.4, -0.2) is 31.6 Å². The van der Waals surface area contributed by atoms with Gasteiger partial charge < -0.3 is 4.98 Å². The van der Waals surface area contributed by atoms with E-state index < -0.39 is 17.4 Å². The number of aromatic amines is 1. The molecule has 0 aliphatic rings. The van der Waals surface area contributed by atoms with Crippen LogP contribution in [0.1, 0.15) is 21.0 Å². The lowest BCUT2D eigenvalue weighted by atomic mass is 10.1. The van der Waals surface area contributed by atoms with Crippen LogP contribution >= 0.6 is 0 Å². The average Bonchev–Trinajstić information content (AvgIpc) is 3.39. The molecule has 9 nitrogen and oxygen atoms in total. The zero-order valence-electron chi connectivity index (χ0n) is 18.9. The maximum atomic E-state index is 12.8. The van der Waals surface area contributed by atoms with Gasteiger partial charge in [0.2, 0.25) is 5.82 Å². The highest BCUT2D eigenvalue weighted by molar-refractivity contribution is 5.97. The fourth-order valence-electron chi connectivity index (χ4n) is 3.61. The van der Waals surface area contributed by atoms with E-state index in [1.54, 1.807) is 10.7 Å². The third kappa shape index (κ3) is 4.66. The molecule has 0 radical (unpaired) electrons. The van der Waals surface area contributed by atoms with E-state index in [0.717, 1.165) is 16.8 Å². The number of rotatable bonds is 5. The number of carbonyl (C=O) groups is 2. The second-order valence-electron chi connectivity index (χ2n) is 7.76. The van der Waals surface area contributed by atoms with E-state index in [1.807, 2.05) is 91.0 Å². The van der Waals surface area contributed by atoms with Gasteiger partial charge in [-0.2, -0.15) is 0 Å². The number of benzene rings is 3. The molecule has 5 rings (SSSR count). The van der Waals surface area contributed by atoms with Crippen molar-refractivity contribution < 1.29 is 9.59 Å². The molecule has 0 atom stereocenters. The van der Waals surface area contributed by atoms with Gasteiger partial charge in [0.15, 0.2) is 5.82 Å². The summed E-state index contributed by atoms with van der Waals surface area (Å²) in [5.41, 5.74) is 6.68. The van der Waals surface area contributed by atoms with Crippen molar-refractivity contribution in [1.82, 2.24) is 30.6 Å². The van der Waals surface area contributed by atoms with Gasteiger partial charge in [-0.3, -0.25) is 25.2 Å². The lowest BCUT2D eigenvalue weighted by Gasteiger charge is -2.06. The Hall–Kier alpha value is -5.31. The molecule has 2 aromatic heterocycles. The van der Waals surface area contributed by atoms with Gasteiger partial charge in [0.25, 0.3) is 11.5 Å². The second-order valence-corrected chi connectivity index (χ2v) is 7.76. The van der Waals surface area contributed by atoms with Gasteiger partial charge in [0.1, 0.15) is 5.56 Å². The van der Waals surface area contributed by atoms with E-state index in [4.69, 9.17) is 0 Å². The molecular weight excluding hydrogens is 456 g/mol. The second kappa shape index (κ2) is 9.90. The fraction of sp³-hybridized carbons (Fsp3) is 0. The first-order valence-electron chi connectivity index (χ1n) is 11.1. The fourth-order valence-corrected chi connectivity index (χ4v) is 3.61. The molecule has 176 valence electrons. The number of nitrogens with one attached hydrogen (secondary N) is 3. The number of nitrogens with zero attached hydrogens (tertiary/aromatic N) is 3. The zero-order chi connectivity index (χ0) is 24.9. The van der Waals surface area contributed by atoms with Crippen LogP contribution in [0.15, 0.2) is 108 Å². The van der Waals surface area contributed by atoms with E-state index in [0.29, 0.717) is 11.5 Å². The highest BCUT2D eigenvalue weighted by Gasteiger charge is 2.20. The summed E-state index contributed by atoms with van der Waals surface area (Å²) >= 11 is 0. The van der Waals surface area contributed by atoms with E-state index in [2.05, 4.69) is 25.9 Å². The molecule has 2 heterocycles. The Morgan fingerprint density at radius 1 is 0.694 bits per heavy atom. The minimum Gasteiger partial charge on any atom is -0.321 e. The minimum absolute atomic E-state index is 0.147. The van der Waals surface area contributed by atoms with Gasteiger partial charge >= 0.3 is 5.91 Å². The van der Waals surface area contributed by atoms with Crippen molar-refractivity contribution in [2.45, 2.75) is 0 Å². The third-order valence-corrected chi connectivity index (χ3v) is 5.37. The van der Waals surface area contributed by atoms with E-state index in [-0.39, 0.29) is 11.4 Å². The molecule has 36 heavy (non-hydrogen) atoms. The molecule has 0 saturated carbocycles. The first-order valence-corrected chi connectivity index (χ1v) is 11.1. The monoisotopic (exact) mass is 476 g/mol. The van der Waals surface area contributed by atoms with Crippen molar-refractivity contribution in [1.29, 1.82) is 0 Å². The molecule has 3 N–H and O–H groups in total. The maximum absolute atomic E-state index is 12.8. The Kier molecular flexibility index (Phi) is 6.18. The first-order chi connectivity index (χ1) is 17.6. The number of aromatic nitrogens is 4. The van der Waals surface area contributed by atoms with E-state index in [1.165, 1.54) is 6.07 Å². The molecule has 0 saturated heterocycles. The molecule has 2 amide bonds. The van der Waals surface area contributed by atoms with Crippen molar-refractivity contribution >= 4 is 11.8 Å². The Bertz CT molecular complexity index is 1520. The van der Waals surface area contributed by atoms with Crippen LogP contribution < -0.4 is 16.4 Å². The molecule has 3 aromatic carbocycles. The first kappa shape index (κ1) is 22.5. The van der Waals surface area contributed by atoms with Gasteiger partial charge in [-0.05, 0) is 29.8 Å². The molecule has 0 spiro atoms. The summed E-state index contributed by atoms with van der Waals surface area (Å²) < 4.78 is 1.55. The summed E-state index contributed by atoms with van der Waals surface area (Å²) in [6.45, 7) is 0. The van der Waals surface area contributed by atoms with Crippen LogP contribution in [0.4, 0.5) is 0 Å². The van der Waals surface area contributed by atoms with Crippen LogP contribution in [0, 0.1) is 0 Å². The van der Waals surface area contributed by atoms with E-state index >= 15 is 0 Å². The van der Waals surface area contributed by atoms with Crippen molar-refractivity contribution in [3.8, 4) is 28.3 Å².